The largest absolute Gasteiger partial charge is 0.309 e. The van der Waals surface area contributed by atoms with E-state index in [1.54, 1.807) is 0 Å². The minimum Gasteiger partial charge on any atom is -0.309 e. The Morgan fingerprint density at radius 2 is 0.688 bits per heavy atom. The summed E-state index contributed by atoms with van der Waals surface area (Å²) < 4.78 is 4.81. The van der Waals surface area contributed by atoms with E-state index in [0.29, 0.717) is 5.82 Å². The highest BCUT2D eigenvalue weighted by Crippen LogP contribution is 2.40. The molecule has 0 fully saturated rings. The van der Waals surface area contributed by atoms with Crippen LogP contribution < -0.4 is 0 Å². The molecule has 0 atom stereocenters. The molecule has 3 heterocycles. The van der Waals surface area contributed by atoms with Gasteiger partial charge in [0.15, 0.2) is 5.82 Å². The van der Waals surface area contributed by atoms with Crippen molar-refractivity contribution in [3.63, 3.8) is 0 Å². The number of hydrogen-bond donors (Lipinski definition) is 0. The monoisotopic (exact) mass is 814 g/mol. The maximum atomic E-state index is 5.39. The van der Waals surface area contributed by atoms with Crippen LogP contribution in [0, 0.1) is 0 Å². The van der Waals surface area contributed by atoms with Crippen LogP contribution in [0.2, 0.25) is 0 Å². The Hall–Kier alpha value is -8.60. The van der Waals surface area contributed by atoms with Crippen molar-refractivity contribution in [1.82, 2.24) is 19.1 Å². The molecule has 0 bridgehead atoms. The summed E-state index contributed by atoms with van der Waals surface area (Å²) >= 11 is 0. The van der Waals surface area contributed by atoms with Crippen molar-refractivity contribution in [3.8, 4) is 56.4 Å². The number of hydrogen-bond acceptors (Lipinski definition) is 2. The summed E-state index contributed by atoms with van der Waals surface area (Å²) in [6, 6.07) is 82.8. The molecule has 4 nitrogen and oxygen atoms in total. The molecule has 0 spiro atoms. The fraction of sp³-hybridized carbons (Fsp3) is 0. The Bertz CT molecular complexity index is 3710. The van der Waals surface area contributed by atoms with E-state index in [1.807, 2.05) is 6.07 Å². The van der Waals surface area contributed by atoms with Gasteiger partial charge in [-0.05, 0) is 87.3 Å². The standard InChI is InChI=1S/C60H38N4/c1-2-16-41(17-3-1)60-61-54(40-32-30-39(31-33-40)53-36-42-18-4-5-19-46(42)47-20-6-7-21-48(47)53)38-55(62-60)43-34-44(63-56-26-12-8-22-49(56)50-23-9-13-27-57(50)63)37-45(35-43)64-58-28-14-10-24-51(58)52-25-11-15-29-59(52)64/h1-38H. The van der Waals surface area contributed by atoms with Crippen molar-refractivity contribution < 1.29 is 0 Å². The van der Waals surface area contributed by atoms with E-state index in [-0.39, 0.29) is 0 Å². The Kier molecular flexibility index (Phi) is 8.18. The summed E-state index contributed by atoms with van der Waals surface area (Å²) in [7, 11) is 0. The molecule has 13 aromatic rings. The molecule has 0 N–H and O–H groups in total. The van der Waals surface area contributed by atoms with Crippen LogP contribution in [0.3, 0.4) is 0 Å². The molecule has 298 valence electrons. The lowest BCUT2D eigenvalue weighted by Crippen LogP contribution is -2.01. The second-order valence-electron chi connectivity index (χ2n) is 16.6. The van der Waals surface area contributed by atoms with Crippen LogP contribution in [0.4, 0.5) is 0 Å². The van der Waals surface area contributed by atoms with Gasteiger partial charge in [-0.3, -0.25) is 0 Å². The zero-order chi connectivity index (χ0) is 42.1. The molecule has 0 unspecified atom stereocenters. The Balaban J connectivity index is 1.04. The van der Waals surface area contributed by atoms with Crippen molar-refractivity contribution in [3.05, 3.63) is 231 Å². The first kappa shape index (κ1) is 36.1. The molecule has 0 amide bonds. The average Bonchev–Trinajstić information content (AvgIpc) is 3.89. The second-order valence-corrected chi connectivity index (χ2v) is 16.6. The minimum absolute atomic E-state index is 0.679. The van der Waals surface area contributed by atoms with Gasteiger partial charge in [0, 0.05) is 49.6 Å². The lowest BCUT2D eigenvalue weighted by molar-refractivity contribution is 1.13. The Morgan fingerprint density at radius 1 is 0.266 bits per heavy atom. The molecule has 0 saturated carbocycles. The molecular weight excluding hydrogens is 777 g/mol. The third kappa shape index (κ3) is 5.77. The zero-order valence-electron chi connectivity index (χ0n) is 34.7. The summed E-state index contributed by atoms with van der Waals surface area (Å²) in [5.74, 6) is 0.679. The van der Waals surface area contributed by atoms with E-state index < -0.39 is 0 Å². The van der Waals surface area contributed by atoms with Gasteiger partial charge >= 0.3 is 0 Å². The summed E-state index contributed by atoms with van der Waals surface area (Å²) in [6.45, 7) is 0. The summed E-state index contributed by atoms with van der Waals surface area (Å²) in [4.78, 5) is 10.7. The van der Waals surface area contributed by atoms with Gasteiger partial charge in [0.2, 0.25) is 0 Å². The maximum absolute atomic E-state index is 5.39. The summed E-state index contributed by atoms with van der Waals surface area (Å²) in [6.07, 6.45) is 0. The van der Waals surface area contributed by atoms with E-state index in [2.05, 4.69) is 234 Å². The van der Waals surface area contributed by atoms with Gasteiger partial charge in [-0.15, -0.1) is 0 Å². The topological polar surface area (TPSA) is 35.6 Å². The first-order chi connectivity index (χ1) is 31.7. The van der Waals surface area contributed by atoms with Crippen LogP contribution in [-0.4, -0.2) is 19.1 Å². The average molecular weight is 815 g/mol. The SMILES string of the molecule is c1ccc(-c2nc(-c3ccc(-c4cc5ccccc5c5ccccc45)cc3)cc(-c3cc(-n4c5ccccc5c5ccccc54)cc(-n4c5ccccc5c5ccccc54)c3)n2)cc1. The highest BCUT2D eigenvalue weighted by Gasteiger charge is 2.19. The van der Waals surface area contributed by atoms with Crippen molar-refractivity contribution >= 4 is 65.2 Å². The maximum Gasteiger partial charge on any atom is 0.160 e. The third-order valence-corrected chi connectivity index (χ3v) is 12.9. The van der Waals surface area contributed by atoms with Gasteiger partial charge in [-0.1, -0.05) is 176 Å². The number of fused-ring (bicyclic) bond motifs is 9. The van der Waals surface area contributed by atoms with Crippen molar-refractivity contribution in [2.24, 2.45) is 0 Å². The number of nitrogens with zero attached hydrogens (tertiary/aromatic N) is 4. The van der Waals surface area contributed by atoms with Gasteiger partial charge in [0.05, 0.1) is 33.5 Å². The fourth-order valence-electron chi connectivity index (χ4n) is 9.98. The molecule has 3 aromatic heterocycles. The predicted molar refractivity (Wildman–Crippen MR) is 267 cm³/mol. The third-order valence-electron chi connectivity index (χ3n) is 12.9. The van der Waals surface area contributed by atoms with Crippen LogP contribution in [-0.2, 0) is 0 Å². The summed E-state index contributed by atoms with van der Waals surface area (Å²) in [5, 5.41) is 9.88. The number of aromatic nitrogens is 4. The van der Waals surface area contributed by atoms with Gasteiger partial charge in [-0.2, -0.15) is 0 Å². The molecule has 0 aliphatic rings. The smallest absolute Gasteiger partial charge is 0.160 e. The number of rotatable bonds is 6. The predicted octanol–water partition coefficient (Wildman–Crippen LogP) is 15.6. The lowest BCUT2D eigenvalue weighted by atomic mass is 9.93. The molecule has 4 heteroatoms. The highest BCUT2D eigenvalue weighted by molar-refractivity contribution is 6.14. The van der Waals surface area contributed by atoms with E-state index in [4.69, 9.17) is 9.97 Å². The van der Waals surface area contributed by atoms with E-state index >= 15 is 0 Å². The van der Waals surface area contributed by atoms with Crippen molar-refractivity contribution in [1.29, 1.82) is 0 Å². The van der Waals surface area contributed by atoms with Gasteiger partial charge in [0.25, 0.3) is 0 Å². The quantitative estimate of drug-likeness (QED) is 0.157. The van der Waals surface area contributed by atoms with Crippen LogP contribution >= 0.6 is 0 Å². The molecular formula is C60H38N4. The Labute approximate surface area is 369 Å². The first-order valence-electron chi connectivity index (χ1n) is 21.8. The lowest BCUT2D eigenvalue weighted by Gasteiger charge is -2.16. The van der Waals surface area contributed by atoms with E-state index in [0.717, 1.165) is 67.1 Å². The van der Waals surface area contributed by atoms with Gasteiger partial charge < -0.3 is 9.13 Å². The molecule has 64 heavy (non-hydrogen) atoms. The normalized spacial score (nSPS) is 11.8. The Morgan fingerprint density at radius 3 is 1.23 bits per heavy atom. The fourth-order valence-corrected chi connectivity index (χ4v) is 9.98. The second kappa shape index (κ2) is 14.5. The van der Waals surface area contributed by atoms with Crippen molar-refractivity contribution in [2.75, 3.05) is 0 Å². The van der Waals surface area contributed by atoms with Gasteiger partial charge in [0.1, 0.15) is 0 Å². The highest BCUT2D eigenvalue weighted by atomic mass is 15.0. The van der Waals surface area contributed by atoms with E-state index in [9.17, 15) is 0 Å². The van der Waals surface area contributed by atoms with Crippen LogP contribution in [0.1, 0.15) is 0 Å². The van der Waals surface area contributed by atoms with Gasteiger partial charge in [-0.25, -0.2) is 9.97 Å². The number of para-hydroxylation sites is 4. The zero-order valence-corrected chi connectivity index (χ0v) is 34.7. The summed E-state index contributed by atoms with van der Waals surface area (Å²) in [5.41, 5.74) is 13.8. The molecule has 0 aliphatic carbocycles. The minimum atomic E-state index is 0.679. The van der Waals surface area contributed by atoms with E-state index in [1.165, 1.54) is 48.7 Å². The van der Waals surface area contributed by atoms with Crippen LogP contribution in [0.15, 0.2) is 231 Å². The molecule has 0 aliphatic heterocycles. The van der Waals surface area contributed by atoms with Crippen LogP contribution in [0.25, 0.3) is 122 Å². The molecule has 13 rings (SSSR count). The first-order valence-corrected chi connectivity index (χ1v) is 21.8. The molecule has 0 radical (unpaired) electrons. The molecule has 10 aromatic carbocycles. The molecule has 0 saturated heterocycles. The van der Waals surface area contributed by atoms with Crippen LogP contribution in [0.5, 0.6) is 0 Å². The number of benzene rings is 10. The van der Waals surface area contributed by atoms with Crippen molar-refractivity contribution in [2.45, 2.75) is 0 Å².